The molecule has 0 aliphatic rings. The average Bonchev–Trinajstić information content (AvgIpc) is 2.38. The third-order valence-corrected chi connectivity index (χ3v) is 2.96. The monoisotopic (exact) mass is 241 g/mol. The molecule has 94 valence electrons. The summed E-state index contributed by atoms with van der Waals surface area (Å²) in [5.74, 6) is 0.806. The van der Waals surface area contributed by atoms with Crippen LogP contribution in [0.1, 0.15) is 26.3 Å². The molecule has 0 unspecified atom stereocenters. The fourth-order valence-electron chi connectivity index (χ4n) is 1.86. The van der Waals surface area contributed by atoms with Gasteiger partial charge < -0.3 is 5.32 Å². The standard InChI is InChI=1S/C15H19N3/c1-15(2,3)12-7-5-11(6-8-12)13-14(16-4)18-10-9-17-13/h5-10H,1-4H3,(H,16,18). The average molecular weight is 241 g/mol. The number of nitrogens with zero attached hydrogens (tertiary/aromatic N) is 2. The van der Waals surface area contributed by atoms with Crippen LogP contribution in [0.25, 0.3) is 11.3 Å². The predicted octanol–water partition coefficient (Wildman–Crippen LogP) is 3.48. The summed E-state index contributed by atoms with van der Waals surface area (Å²) in [6.07, 6.45) is 3.41. The maximum Gasteiger partial charge on any atom is 0.152 e. The number of aromatic nitrogens is 2. The second kappa shape index (κ2) is 4.77. The minimum Gasteiger partial charge on any atom is -0.371 e. The van der Waals surface area contributed by atoms with E-state index in [4.69, 9.17) is 0 Å². The van der Waals surface area contributed by atoms with Crippen molar-refractivity contribution >= 4 is 5.82 Å². The summed E-state index contributed by atoms with van der Waals surface area (Å²) in [6, 6.07) is 8.52. The number of hydrogen-bond donors (Lipinski definition) is 1. The molecule has 0 spiro atoms. The van der Waals surface area contributed by atoms with Gasteiger partial charge in [-0.1, -0.05) is 45.0 Å². The molecule has 18 heavy (non-hydrogen) atoms. The van der Waals surface area contributed by atoms with E-state index >= 15 is 0 Å². The first-order chi connectivity index (χ1) is 8.52. The third-order valence-electron chi connectivity index (χ3n) is 2.96. The lowest BCUT2D eigenvalue weighted by Crippen LogP contribution is -2.10. The Hall–Kier alpha value is -1.90. The molecule has 3 nitrogen and oxygen atoms in total. The van der Waals surface area contributed by atoms with Crippen LogP contribution in [0.2, 0.25) is 0 Å². The van der Waals surface area contributed by atoms with Crippen molar-refractivity contribution < 1.29 is 0 Å². The Bertz CT molecular complexity index is 524. The Balaban J connectivity index is 2.41. The highest BCUT2D eigenvalue weighted by Crippen LogP contribution is 2.27. The Morgan fingerprint density at radius 3 is 2.11 bits per heavy atom. The molecule has 0 radical (unpaired) electrons. The maximum absolute atomic E-state index is 4.39. The van der Waals surface area contributed by atoms with Gasteiger partial charge in [-0.25, -0.2) is 4.98 Å². The highest BCUT2D eigenvalue weighted by molar-refractivity contribution is 5.71. The van der Waals surface area contributed by atoms with Crippen LogP contribution in [0.4, 0.5) is 5.82 Å². The summed E-state index contributed by atoms with van der Waals surface area (Å²) in [6.45, 7) is 6.63. The molecule has 1 aromatic carbocycles. The van der Waals surface area contributed by atoms with Gasteiger partial charge in [0.1, 0.15) is 5.69 Å². The van der Waals surface area contributed by atoms with E-state index in [1.807, 2.05) is 7.05 Å². The van der Waals surface area contributed by atoms with Crippen LogP contribution < -0.4 is 5.32 Å². The summed E-state index contributed by atoms with van der Waals surface area (Å²) >= 11 is 0. The van der Waals surface area contributed by atoms with Gasteiger partial charge in [0.05, 0.1) is 0 Å². The zero-order chi connectivity index (χ0) is 13.2. The molecule has 3 heteroatoms. The fraction of sp³-hybridized carbons (Fsp3) is 0.333. The quantitative estimate of drug-likeness (QED) is 0.874. The van der Waals surface area contributed by atoms with Crippen molar-refractivity contribution in [3.8, 4) is 11.3 Å². The summed E-state index contributed by atoms with van der Waals surface area (Å²) in [5, 5.41) is 3.07. The number of rotatable bonds is 2. The van der Waals surface area contributed by atoms with E-state index in [-0.39, 0.29) is 5.41 Å². The van der Waals surface area contributed by atoms with E-state index < -0.39 is 0 Å². The molecule has 0 aliphatic carbocycles. The summed E-state index contributed by atoms with van der Waals surface area (Å²) < 4.78 is 0. The van der Waals surface area contributed by atoms with Crippen LogP contribution in [-0.2, 0) is 5.41 Å². The van der Waals surface area contributed by atoms with Gasteiger partial charge in [-0.3, -0.25) is 4.98 Å². The summed E-state index contributed by atoms with van der Waals surface area (Å²) in [5.41, 5.74) is 3.47. The van der Waals surface area contributed by atoms with Crippen LogP contribution in [-0.4, -0.2) is 17.0 Å². The van der Waals surface area contributed by atoms with Gasteiger partial charge in [0.15, 0.2) is 5.82 Å². The van der Waals surface area contributed by atoms with Gasteiger partial charge in [-0.2, -0.15) is 0 Å². The smallest absolute Gasteiger partial charge is 0.152 e. The van der Waals surface area contributed by atoms with E-state index in [0.717, 1.165) is 17.1 Å². The molecule has 0 aliphatic heterocycles. The summed E-state index contributed by atoms with van der Waals surface area (Å²) in [4.78, 5) is 8.66. The largest absolute Gasteiger partial charge is 0.371 e. The molecule has 1 N–H and O–H groups in total. The molecule has 0 saturated heterocycles. The van der Waals surface area contributed by atoms with Gasteiger partial charge in [-0.05, 0) is 11.0 Å². The number of nitrogens with one attached hydrogen (secondary N) is 1. The van der Waals surface area contributed by atoms with Crippen LogP contribution in [0.5, 0.6) is 0 Å². The number of benzene rings is 1. The predicted molar refractivity (Wildman–Crippen MR) is 75.7 cm³/mol. The number of hydrogen-bond acceptors (Lipinski definition) is 3. The van der Waals surface area contributed by atoms with Crippen molar-refractivity contribution in [1.82, 2.24) is 9.97 Å². The lowest BCUT2D eigenvalue weighted by molar-refractivity contribution is 0.590. The Kier molecular flexibility index (Phi) is 3.32. The van der Waals surface area contributed by atoms with Gasteiger partial charge >= 0.3 is 0 Å². The van der Waals surface area contributed by atoms with Crippen molar-refractivity contribution in [1.29, 1.82) is 0 Å². The van der Waals surface area contributed by atoms with E-state index in [0.29, 0.717) is 0 Å². The Morgan fingerprint density at radius 2 is 1.56 bits per heavy atom. The highest BCUT2D eigenvalue weighted by Gasteiger charge is 2.14. The zero-order valence-corrected chi connectivity index (χ0v) is 11.4. The first-order valence-electron chi connectivity index (χ1n) is 6.12. The van der Waals surface area contributed by atoms with Crippen molar-refractivity contribution in [2.75, 3.05) is 12.4 Å². The molecule has 0 atom stereocenters. The van der Waals surface area contributed by atoms with Gasteiger partial charge in [-0.15, -0.1) is 0 Å². The van der Waals surface area contributed by atoms with Crippen LogP contribution in [0, 0.1) is 0 Å². The van der Waals surface area contributed by atoms with E-state index in [2.05, 4.69) is 60.3 Å². The van der Waals surface area contributed by atoms with Crippen LogP contribution in [0.15, 0.2) is 36.7 Å². The number of anilines is 1. The Morgan fingerprint density at radius 1 is 0.944 bits per heavy atom. The van der Waals surface area contributed by atoms with E-state index in [1.54, 1.807) is 12.4 Å². The molecular weight excluding hydrogens is 222 g/mol. The second-order valence-corrected chi connectivity index (χ2v) is 5.33. The highest BCUT2D eigenvalue weighted by atomic mass is 15.0. The molecule has 1 heterocycles. The van der Waals surface area contributed by atoms with Crippen molar-refractivity contribution in [2.24, 2.45) is 0 Å². The minimum absolute atomic E-state index is 0.173. The first kappa shape index (κ1) is 12.6. The molecule has 2 rings (SSSR count). The molecular formula is C15H19N3. The first-order valence-corrected chi connectivity index (χ1v) is 6.12. The normalized spacial score (nSPS) is 11.3. The molecule has 0 fully saturated rings. The zero-order valence-electron chi connectivity index (χ0n) is 11.4. The SMILES string of the molecule is CNc1nccnc1-c1ccc(C(C)(C)C)cc1. The van der Waals surface area contributed by atoms with Crippen LogP contribution >= 0.6 is 0 Å². The lowest BCUT2D eigenvalue weighted by Gasteiger charge is -2.19. The van der Waals surface area contributed by atoms with E-state index in [9.17, 15) is 0 Å². The Labute approximate surface area is 108 Å². The molecule has 0 bridgehead atoms. The van der Waals surface area contributed by atoms with Crippen molar-refractivity contribution in [2.45, 2.75) is 26.2 Å². The lowest BCUT2D eigenvalue weighted by atomic mass is 9.86. The van der Waals surface area contributed by atoms with Gasteiger partial charge in [0.25, 0.3) is 0 Å². The van der Waals surface area contributed by atoms with Gasteiger partial charge in [0, 0.05) is 25.0 Å². The maximum atomic E-state index is 4.39. The topological polar surface area (TPSA) is 37.8 Å². The second-order valence-electron chi connectivity index (χ2n) is 5.33. The molecule has 2 aromatic rings. The molecule has 1 aromatic heterocycles. The van der Waals surface area contributed by atoms with Crippen LogP contribution in [0.3, 0.4) is 0 Å². The van der Waals surface area contributed by atoms with Crippen molar-refractivity contribution in [3.05, 3.63) is 42.2 Å². The van der Waals surface area contributed by atoms with Crippen molar-refractivity contribution in [3.63, 3.8) is 0 Å². The third kappa shape index (κ3) is 2.50. The summed E-state index contributed by atoms with van der Waals surface area (Å²) in [7, 11) is 1.86. The fourth-order valence-corrected chi connectivity index (χ4v) is 1.86. The molecule has 0 amide bonds. The minimum atomic E-state index is 0.173. The van der Waals surface area contributed by atoms with Gasteiger partial charge in [0.2, 0.25) is 0 Å². The van der Waals surface area contributed by atoms with E-state index in [1.165, 1.54) is 5.56 Å². The molecule has 0 saturated carbocycles.